The molecule has 0 amide bonds. The monoisotopic (exact) mass is 206 g/mol. The molecule has 2 rings (SSSR count). The van der Waals surface area contributed by atoms with Crippen molar-refractivity contribution in [2.24, 2.45) is 16.5 Å². The highest BCUT2D eigenvalue weighted by Crippen LogP contribution is 2.14. The molecule has 5 nitrogen and oxygen atoms in total. The molecule has 5 heteroatoms. The third kappa shape index (κ3) is 2.19. The Morgan fingerprint density at radius 2 is 2.33 bits per heavy atom. The lowest BCUT2D eigenvalue weighted by Crippen LogP contribution is -2.54. The number of nitrogens with one attached hydrogen (secondary N) is 1. The van der Waals surface area contributed by atoms with Crippen LogP contribution in [0.3, 0.4) is 0 Å². The number of aryl methyl sites for hydroxylation is 1. The van der Waals surface area contributed by atoms with Gasteiger partial charge in [0.15, 0.2) is 5.79 Å². The normalized spacial score (nSPS) is 24.8. The number of hydrogen-bond acceptors (Lipinski definition) is 5. The highest BCUT2D eigenvalue weighted by Gasteiger charge is 2.26. The molecule has 2 heterocycles. The molecule has 0 radical (unpaired) electrons. The van der Waals surface area contributed by atoms with Crippen LogP contribution < -0.4 is 16.8 Å². The fourth-order valence-electron chi connectivity index (χ4n) is 1.51. The number of furan rings is 1. The van der Waals surface area contributed by atoms with E-state index in [4.69, 9.17) is 15.9 Å². The number of hydrogen-bond donors (Lipinski definition) is 3. The van der Waals surface area contributed by atoms with Gasteiger partial charge in [0.05, 0.1) is 6.42 Å². The van der Waals surface area contributed by atoms with Gasteiger partial charge in [-0.15, -0.1) is 0 Å². The quantitative estimate of drug-likeness (QED) is 0.645. The Morgan fingerprint density at radius 3 is 2.93 bits per heavy atom. The van der Waals surface area contributed by atoms with E-state index in [1.54, 1.807) is 12.3 Å². The topological polar surface area (TPSA) is 89.6 Å². The summed E-state index contributed by atoms with van der Waals surface area (Å²) in [6, 6.07) is 3.78. The van der Waals surface area contributed by atoms with Crippen LogP contribution >= 0.6 is 0 Å². The number of nitrogens with zero attached hydrogens (tertiary/aromatic N) is 1. The van der Waals surface area contributed by atoms with Crippen molar-refractivity contribution in [3.8, 4) is 0 Å². The first-order valence-electron chi connectivity index (χ1n) is 4.71. The van der Waals surface area contributed by atoms with E-state index in [9.17, 15) is 0 Å². The predicted octanol–water partition coefficient (Wildman–Crippen LogP) is 0.217. The van der Waals surface area contributed by atoms with E-state index in [0.29, 0.717) is 12.3 Å². The second kappa shape index (κ2) is 3.43. The van der Waals surface area contributed by atoms with Crippen molar-refractivity contribution in [3.05, 3.63) is 35.9 Å². The SMILES string of the molecule is Cc1ccc(CC2(N)N=C(N)C=CN2)o1. The zero-order valence-corrected chi connectivity index (χ0v) is 8.53. The molecule has 0 saturated carbocycles. The van der Waals surface area contributed by atoms with Crippen LogP contribution in [-0.2, 0) is 6.42 Å². The van der Waals surface area contributed by atoms with E-state index in [2.05, 4.69) is 10.3 Å². The summed E-state index contributed by atoms with van der Waals surface area (Å²) in [6.07, 6.45) is 3.82. The van der Waals surface area contributed by atoms with Crippen molar-refractivity contribution in [1.82, 2.24) is 5.32 Å². The lowest BCUT2D eigenvalue weighted by molar-refractivity contribution is 0.349. The van der Waals surface area contributed by atoms with Crippen LogP contribution in [0.15, 0.2) is 33.8 Å². The Kier molecular flexibility index (Phi) is 2.24. The molecule has 0 spiro atoms. The largest absolute Gasteiger partial charge is 0.466 e. The molecule has 15 heavy (non-hydrogen) atoms. The summed E-state index contributed by atoms with van der Waals surface area (Å²) in [7, 11) is 0. The van der Waals surface area contributed by atoms with E-state index in [1.807, 2.05) is 19.1 Å². The van der Waals surface area contributed by atoms with Gasteiger partial charge < -0.3 is 15.5 Å². The second-order valence-corrected chi connectivity index (χ2v) is 3.63. The zero-order valence-electron chi connectivity index (χ0n) is 8.53. The summed E-state index contributed by atoms with van der Waals surface area (Å²) in [6.45, 7) is 1.89. The molecule has 1 aliphatic heterocycles. The molecule has 80 valence electrons. The molecule has 1 aliphatic rings. The van der Waals surface area contributed by atoms with Crippen molar-refractivity contribution in [2.75, 3.05) is 0 Å². The van der Waals surface area contributed by atoms with Crippen LogP contribution in [0.1, 0.15) is 11.5 Å². The number of rotatable bonds is 2. The lowest BCUT2D eigenvalue weighted by atomic mass is 10.2. The third-order valence-electron chi connectivity index (χ3n) is 2.16. The van der Waals surface area contributed by atoms with E-state index in [-0.39, 0.29) is 0 Å². The molecule has 5 N–H and O–H groups in total. The first-order chi connectivity index (χ1) is 7.07. The van der Waals surface area contributed by atoms with Gasteiger partial charge in [-0.25, -0.2) is 4.99 Å². The second-order valence-electron chi connectivity index (χ2n) is 3.63. The minimum absolute atomic E-state index is 0.416. The van der Waals surface area contributed by atoms with Gasteiger partial charge in [-0.1, -0.05) is 0 Å². The molecule has 0 aliphatic carbocycles. The molecule has 1 atom stereocenters. The van der Waals surface area contributed by atoms with Crippen molar-refractivity contribution in [2.45, 2.75) is 19.1 Å². The fraction of sp³-hybridized carbons (Fsp3) is 0.300. The molecule has 1 unspecified atom stereocenters. The maximum atomic E-state index is 6.00. The maximum Gasteiger partial charge on any atom is 0.191 e. The standard InChI is InChI=1S/C10H14N4O/c1-7-2-3-8(15-7)6-10(12)13-5-4-9(11)14-10/h2-5,13H,6,12H2,1H3,(H2,11,14). The molecule has 0 bridgehead atoms. The number of aliphatic imine (C=N–C) groups is 1. The van der Waals surface area contributed by atoms with Gasteiger partial charge in [0.2, 0.25) is 0 Å². The average Bonchev–Trinajstić information content (AvgIpc) is 2.49. The number of amidine groups is 1. The summed E-state index contributed by atoms with van der Waals surface area (Å²) in [5.74, 6) is 1.16. The van der Waals surface area contributed by atoms with Crippen LogP contribution in [0, 0.1) is 6.92 Å². The predicted molar refractivity (Wildman–Crippen MR) is 58.0 cm³/mol. The molecular weight excluding hydrogens is 192 g/mol. The Morgan fingerprint density at radius 1 is 1.53 bits per heavy atom. The van der Waals surface area contributed by atoms with Gasteiger partial charge in [-0.3, -0.25) is 5.73 Å². The highest BCUT2D eigenvalue weighted by molar-refractivity contribution is 5.92. The van der Waals surface area contributed by atoms with E-state index in [1.165, 1.54) is 0 Å². The van der Waals surface area contributed by atoms with Crippen molar-refractivity contribution in [1.29, 1.82) is 0 Å². The molecule has 0 aromatic carbocycles. The number of nitrogens with two attached hydrogens (primary N) is 2. The minimum atomic E-state index is -0.900. The molecular formula is C10H14N4O. The summed E-state index contributed by atoms with van der Waals surface area (Å²) >= 11 is 0. The minimum Gasteiger partial charge on any atom is -0.466 e. The summed E-state index contributed by atoms with van der Waals surface area (Å²) in [5, 5.41) is 2.95. The van der Waals surface area contributed by atoms with Gasteiger partial charge in [-0.2, -0.15) is 0 Å². The lowest BCUT2D eigenvalue weighted by Gasteiger charge is -2.27. The van der Waals surface area contributed by atoms with Crippen LogP contribution in [0.2, 0.25) is 0 Å². The van der Waals surface area contributed by atoms with E-state index in [0.717, 1.165) is 11.5 Å². The molecule has 1 aromatic heterocycles. The van der Waals surface area contributed by atoms with Crippen LogP contribution in [-0.4, -0.2) is 11.6 Å². The first-order valence-corrected chi connectivity index (χ1v) is 4.71. The van der Waals surface area contributed by atoms with Crippen LogP contribution in [0.4, 0.5) is 0 Å². The van der Waals surface area contributed by atoms with E-state index >= 15 is 0 Å². The average molecular weight is 206 g/mol. The highest BCUT2D eigenvalue weighted by atomic mass is 16.3. The Balaban J connectivity index is 2.15. The Bertz CT molecular complexity index is 421. The zero-order chi connectivity index (χ0) is 10.9. The smallest absolute Gasteiger partial charge is 0.191 e. The summed E-state index contributed by atoms with van der Waals surface area (Å²) < 4.78 is 5.43. The van der Waals surface area contributed by atoms with Gasteiger partial charge in [0.25, 0.3) is 0 Å². The van der Waals surface area contributed by atoms with Gasteiger partial charge in [-0.05, 0) is 25.1 Å². The maximum absolute atomic E-state index is 6.00. The van der Waals surface area contributed by atoms with Crippen molar-refractivity contribution < 1.29 is 4.42 Å². The fourth-order valence-corrected chi connectivity index (χ4v) is 1.51. The van der Waals surface area contributed by atoms with Gasteiger partial charge in [0, 0.05) is 6.20 Å². The van der Waals surface area contributed by atoms with Gasteiger partial charge >= 0.3 is 0 Å². The Labute approximate surface area is 87.8 Å². The molecule has 1 aromatic rings. The summed E-state index contributed by atoms with van der Waals surface area (Å²) in [5.41, 5.74) is 11.6. The Hall–Kier alpha value is -1.75. The molecule has 0 saturated heterocycles. The van der Waals surface area contributed by atoms with Crippen LogP contribution in [0.5, 0.6) is 0 Å². The van der Waals surface area contributed by atoms with Crippen molar-refractivity contribution >= 4 is 5.84 Å². The molecule has 0 fully saturated rings. The van der Waals surface area contributed by atoms with Gasteiger partial charge in [0.1, 0.15) is 17.4 Å². The van der Waals surface area contributed by atoms with Crippen molar-refractivity contribution in [3.63, 3.8) is 0 Å². The van der Waals surface area contributed by atoms with E-state index < -0.39 is 5.79 Å². The third-order valence-corrected chi connectivity index (χ3v) is 2.16. The summed E-state index contributed by atoms with van der Waals surface area (Å²) in [4.78, 5) is 4.13. The van der Waals surface area contributed by atoms with Crippen LogP contribution in [0.25, 0.3) is 0 Å². The first kappa shape index (κ1) is 9.79.